The largest absolute Gasteiger partial charge is 0.489 e. The summed E-state index contributed by atoms with van der Waals surface area (Å²) in [6.45, 7) is 3.97. The molecule has 0 bridgehead atoms. The Morgan fingerprint density at radius 3 is 2.14 bits per heavy atom. The Morgan fingerprint density at radius 1 is 1.29 bits per heavy atom. The van der Waals surface area contributed by atoms with Crippen molar-refractivity contribution in [3.8, 4) is 5.75 Å². The van der Waals surface area contributed by atoms with Gasteiger partial charge < -0.3 is 9.84 Å². The van der Waals surface area contributed by atoms with Gasteiger partial charge in [-0.15, -0.1) is 0 Å². The molecule has 0 spiro atoms. The first kappa shape index (κ1) is 12.0. The lowest BCUT2D eigenvalue weighted by Gasteiger charge is -2.14. The third-order valence-electron chi connectivity index (χ3n) is 1.59. The summed E-state index contributed by atoms with van der Waals surface area (Å²) in [4.78, 5) is 0. The summed E-state index contributed by atoms with van der Waals surface area (Å²) in [7, 11) is 0. The van der Waals surface area contributed by atoms with E-state index in [-0.39, 0.29) is 12.7 Å². The van der Waals surface area contributed by atoms with Crippen LogP contribution in [0, 0.1) is 0 Å². The lowest BCUT2D eigenvalue weighted by molar-refractivity contribution is 0.238. The van der Waals surface area contributed by atoms with Crippen molar-refractivity contribution in [2.24, 2.45) is 0 Å². The molecule has 4 heteroatoms. The molecule has 0 aromatic heterocycles. The van der Waals surface area contributed by atoms with E-state index in [2.05, 4.69) is 31.9 Å². The fourth-order valence-corrected chi connectivity index (χ4v) is 2.52. The molecule has 0 amide bonds. The third-order valence-corrected chi connectivity index (χ3v) is 2.77. The number of aliphatic hydroxyl groups excluding tert-OH is 1. The highest BCUT2D eigenvalue weighted by Crippen LogP contribution is 2.35. The Bertz CT molecular complexity index is 301. The molecule has 1 aromatic carbocycles. The van der Waals surface area contributed by atoms with Crippen molar-refractivity contribution in [2.45, 2.75) is 26.6 Å². The van der Waals surface area contributed by atoms with Crippen LogP contribution in [0.2, 0.25) is 0 Å². The fraction of sp³-hybridized carbons (Fsp3) is 0.400. The molecular formula is C10H12Br2O2. The van der Waals surface area contributed by atoms with Gasteiger partial charge in [-0.25, -0.2) is 0 Å². The molecule has 0 unspecified atom stereocenters. The molecule has 0 heterocycles. The van der Waals surface area contributed by atoms with E-state index in [1.54, 1.807) is 0 Å². The molecule has 78 valence electrons. The van der Waals surface area contributed by atoms with Crippen LogP contribution in [0.3, 0.4) is 0 Å². The first-order valence-electron chi connectivity index (χ1n) is 4.30. The minimum absolute atomic E-state index is 0.0269. The molecule has 2 nitrogen and oxygen atoms in total. The highest BCUT2D eigenvalue weighted by atomic mass is 79.9. The molecule has 0 fully saturated rings. The normalized spacial score (nSPS) is 10.7. The molecule has 1 rings (SSSR count). The van der Waals surface area contributed by atoms with Crippen LogP contribution in [0.1, 0.15) is 19.4 Å². The Balaban J connectivity index is 3.05. The molecule has 0 saturated heterocycles. The zero-order valence-electron chi connectivity index (χ0n) is 8.05. The van der Waals surface area contributed by atoms with Crippen LogP contribution >= 0.6 is 31.9 Å². The number of halogens is 2. The Hall–Kier alpha value is -0.0600. The average molecular weight is 324 g/mol. The summed E-state index contributed by atoms with van der Waals surface area (Å²) >= 11 is 6.80. The van der Waals surface area contributed by atoms with Crippen molar-refractivity contribution in [3.63, 3.8) is 0 Å². The summed E-state index contributed by atoms with van der Waals surface area (Å²) in [6, 6.07) is 3.70. The number of ether oxygens (including phenoxy) is 1. The molecule has 0 radical (unpaired) electrons. The maximum absolute atomic E-state index is 8.98. The van der Waals surface area contributed by atoms with Crippen LogP contribution in [0.25, 0.3) is 0 Å². The summed E-state index contributed by atoms with van der Waals surface area (Å²) in [6.07, 6.45) is 0.127. The summed E-state index contributed by atoms with van der Waals surface area (Å²) in [5.74, 6) is 0.775. The van der Waals surface area contributed by atoms with Gasteiger partial charge in [-0.1, -0.05) is 0 Å². The van der Waals surface area contributed by atoms with Gasteiger partial charge in [0, 0.05) is 0 Å². The second kappa shape index (κ2) is 5.14. The molecule has 1 N–H and O–H groups in total. The predicted octanol–water partition coefficient (Wildman–Crippen LogP) is 3.49. The number of benzene rings is 1. The second-order valence-corrected chi connectivity index (χ2v) is 4.92. The quantitative estimate of drug-likeness (QED) is 0.922. The van der Waals surface area contributed by atoms with Crippen LogP contribution in [0.4, 0.5) is 0 Å². The van der Waals surface area contributed by atoms with Crippen LogP contribution < -0.4 is 4.74 Å². The Morgan fingerprint density at radius 2 is 1.79 bits per heavy atom. The van der Waals surface area contributed by atoms with Crippen molar-refractivity contribution in [2.75, 3.05) is 0 Å². The fourth-order valence-electron chi connectivity index (χ4n) is 1.05. The number of hydrogen-bond donors (Lipinski definition) is 1. The number of aliphatic hydroxyl groups is 1. The molecular weight excluding hydrogens is 312 g/mol. The predicted molar refractivity (Wildman–Crippen MR) is 63.5 cm³/mol. The van der Waals surface area contributed by atoms with Gasteiger partial charge in [0.25, 0.3) is 0 Å². The lowest BCUT2D eigenvalue weighted by Crippen LogP contribution is -2.06. The van der Waals surface area contributed by atoms with Crippen molar-refractivity contribution in [1.82, 2.24) is 0 Å². The van der Waals surface area contributed by atoms with Gasteiger partial charge in [-0.2, -0.15) is 0 Å². The monoisotopic (exact) mass is 322 g/mol. The Kier molecular flexibility index (Phi) is 4.41. The van der Waals surface area contributed by atoms with Gasteiger partial charge in [0.1, 0.15) is 5.75 Å². The maximum atomic E-state index is 8.98. The van der Waals surface area contributed by atoms with E-state index in [0.29, 0.717) is 0 Å². The lowest BCUT2D eigenvalue weighted by atomic mass is 10.2. The van der Waals surface area contributed by atoms with E-state index in [1.165, 1.54) is 0 Å². The van der Waals surface area contributed by atoms with Gasteiger partial charge in [-0.05, 0) is 63.4 Å². The average Bonchev–Trinajstić information content (AvgIpc) is 2.10. The zero-order chi connectivity index (χ0) is 10.7. The number of hydrogen-bond acceptors (Lipinski definition) is 2. The maximum Gasteiger partial charge on any atom is 0.148 e. The van der Waals surface area contributed by atoms with Crippen LogP contribution in [0.5, 0.6) is 5.75 Å². The van der Waals surface area contributed by atoms with Gasteiger partial charge in [0.05, 0.1) is 21.7 Å². The minimum atomic E-state index is 0.0269. The molecule has 14 heavy (non-hydrogen) atoms. The van der Waals surface area contributed by atoms with Crippen LogP contribution in [-0.2, 0) is 6.61 Å². The molecule has 0 aliphatic carbocycles. The van der Waals surface area contributed by atoms with Crippen molar-refractivity contribution in [1.29, 1.82) is 0 Å². The standard InChI is InChI=1S/C10H12Br2O2/c1-6(2)14-10-8(11)3-7(5-13)4-9(10)12/h3-4,6,13H,5H2,1-2H3. The minimum Gasteiger partial charge on any atom is -0.489 e. The first-order valence-corrected chi connectivity index (χ1v) is 5.88. The van der Waals surface area contributed by atoms with E-state index in [4.69, 9.17) is 9.84 Å². The van der Waals surface area contributed by atoms with Crippen molar-refractivity contribution in [3.05, 3.63) is 26.6 Å². The van der Waals surface area contributed by atoms with E-state index >= 15 is 0 Å². The van der Waals surface area contributed by atoms with Gasteiger partial charge in [-0.3, -0.25) is 0 Å². The zero-order valence-corrected chi connectivity index (χ0v) is 11.2. The summed E-state index contributed by atoms with van der Waals surface area (Å²) < 4.78 is 7.30. The molecule has 0 aliphatic heterocycles. The Labute approximate surface area is 101 Å². The summed E-state index contributed by atoms with van der Waals surface area (Å²) in [5, 5.41) is 8.98. The first-order chi connectivity index (χ1) is 6.54. The van der Waals surface area contributed by atoms with E-state index in [0.717, 1.165) is 20.3 Å². The van der Waals surface area contributed by atoms with Crippen LogP contribution in [-0.4, -0.2) is 11.2 Å². The number of rotatable bonds is 3. The molecule has 0 atom stereocenters. The third kappa shape index (κ3) is 2.97. The van der Waals surface area contributed by atoms with E-state index < -0.39 is 0 Å². The topological polar surface area (TPSA) is 29.5 Å². The smallest absolute Gasteiger partial charge is 0.148 e. The van der Waals surface area contributed by atoms with Crippen LogP contribution in [0.15, 0.2) is 21.1 Å². The van der Waals surface area contributed by atoms with Gasteiger partial charge in [0.2, 0.25) is 0 Å². The molecule has 0 saturated carbocycles. The van der Waals surface area contributed by atoms with E-state index in [1.807, 2.05) is 26.0 Å². The highest BCUT2D eigenvalue weighted by Gasteiger charge is 2.09. The second-order valence-electron chi connectivity index (χ2n) is 3.21. The van der Waals surface area contributed by atoms with Crippen molar-refractivity contribution < 1.29 is 9.84 Å². The van der Waals surface area contributed by atoms with E-state index in [9.17, 15) is 0 Å². The molecule has 0 aliphatic rings. The summed E-state index contributed by atoms with van der Waals surface area (Å²) in [5.41, 5.74) is 0.847. The van der Waals surface area contributed by atoms with Gasteiger partial charge in [0.15, 0.2) is 0 Å². The van der Waals surface area contributed by atoms with Gasteiger partial charge >= 0.3 is 0 Å². The van der Waals surface area contributed by atoms with Crippen molar-refractivity contribution >= 4 is 31.9 Å². The molecule has 1 aromatic rings. The SMILES string of the molecule is CC(C)Oc1c(Br)cc(CO)cc1Br. The highest BCUT2D eigenvalue weighted by molar-refractivity contribution is 9.11.